The highest BCUT2D eigenvalue weighted by molar-refractivity contribution is 4.87. The van der Waals surface area contributed by atoms with E-state index >= 15 is 0 Å². The van der Waals surface area contributed by atoms with Crippen LogP contribution in [-0.2, 0) is 13.5 Å². The van der Waals surface area contributed by atoms with Crippen LogP contribution < -0.4 is 5.32 Å². The largest absolute Gasteiger partial charge is 0.316 e. The summed E-state index contributed by atoms with van der Waals surface area (Å²) >= 11 is 0. The molecule has 1 N–H and O–H groups in total. The lowest BCUT2D eigenvalue weighted by molar-refractivity contribution is 0.224. The van der Waals surface area contributed by atoms with Gasteiger partial charge in [-0.25, -0.2) is 0 Å². The summed E-state index contributed by atoms with van der Waals surface area (Å²) in [6, 6.07) is 0. The van der Waals surface area contributed by atoms with Gasteiger partial charge in [0, 0.05) is 6.42 Å². The predicted molar refractivity (Wildman–Crippen MR) is 75.7 cm³/mol. The van der Waals surface area contributed by atoms with Crippen molar-refractivity contribution >= 4 is 0 Å². The van der Waals surface area contributed by atoms with E-state index in [0.29, 0.717) is 0 Å². The summed E-state index contributed by atoms with van der Waals surface area (Å²) in [5.74, 6) is 3.13. The standard InChI is InChI=1S/C14H27N5/c1-11(2)9-15-10-13-7-5-4-6-12(13)8-14-16-18-19(3)17-14/h11-13,15H,4-10H2,1-3H3. The van der Waals surface area contributed by atoms with Gasteiger partial charge in [-0.2, -0.15) is 4.80 Å². The molecular weight excluding hydrogens is 238 g/mol. The van der Waals surface area contributed by atoms with Crippen molar-refractivity contribution in [3.63, 3.8) is 0 Å². The van der Waals surface area contributed by atoms with E-state index in [9.17, 15) is 0 Å². The molecule has 108 valence electrons. The molecular formula is C14H27N5. The quantitative estimate of drug-likeness (QED) is 0.852. The van der Waals surface area contributed by atoms with Crippen LogP contribution >= 0.6 is 0 Å². The van der Waals surface area contributed by atoms with Gasteiger partial charge in [-0.3, -0.25) is 0 Å². The SMILES string of the molecule is CC(C)CNCC1CCCCC1Cc1nnn(C)n1. The highest BCUT2D eigenvalue weighted by Gasteiger charge is 2.26. The maximum absolute atomic E-state index is 4.32. The van der Waals surface area contributed by atoms with Gasteiger partial charge in [0.1, 0.15) is 0 Å². The third-order valence-electron chi connectivity index (χ3n) is 4.02. The summed E-state index contributed by atoms with van der Waals surface area (Å²) in [6.07, 6.45) is 6.37. The second kappa shape index (κ2) is 6.98. The molecule has 0 radical (unpaired) electrons. The van der Waals surface area contributed by atoms with Crippen LogP contribution in [0.3, 0.4) is 0 Å². The van der Waals surface area contributed by atoms with Gasteiger partial charge in [0.15, 0.2) is 5.82 Å². The molecule has 0 aromatic carbocycles. The van der Waals surface area contributed by atoms with E-state index < -0.39 is 0 Å². The van der Waals surface area contributed by atoms with Crippen molar-refractivity contribution < 1.29 is 0 Å². The van der Waals surface area contributed by atoms with Crippen molar-refractivity contribution in [3.05, 3.63) is 5.82 Å². The first-order valence-electron chi connectivity index (χ1n) is 7.58. The molecule has 0 saturated heterocycles. The lowest BCUT2D eigenvalue weighted by Crippen LogP contribution is -2.33. The molecule has 1 heterocycles. The van der Waals surface area contributed by atoms with Crippen molar-refractivity contribution in [2.24, 2.45) is 24.8 Å². The maximum atomic E-state index is 4.32. The highest BCUT2D eigenvalue weighted by Crippen LogP contribution is 2.31. The molecule has 1 fully saturated rings. The first-order valence-corrected chi connectivity index (χ1v) is 7.58. The van der Waals surface area contributed by atoms with Gasteiger partial charge in [0.25, 0.3) is 0 Å². The number of rotatable bonds is 6. The van der Waals surface area contributed by atoms with Crippen molar-refractivity contribution in [1.82, 2.24) is 25.5 Å². The monoisotopic (exact) mass is 265 g/mol. The number of nitrogens with zero attached hydrogens (tertiary/aromatic N) is 4. The van der Waals surface area contributed by atoms with Crippen LogP contribution in [-0.4, -0.2) is 33.3 Å². The van der Waals surface area contributed by atoms with Gasteiger partial charge in [-0.1, -0.05) is 26.7 Å². The van der Waals surface area contributed by atoms with Crippen LogP contribution in [0.2, 0.25) is 0 Å². The van der Waals surface area contributed by atoms with Crippen molar-refractivity contribution in [1.29, 1.82) is 0 Å². The van der Waals surface area contributed by atoms with Gasteiger partial charge in [-0.15, -0.1) is 10.2 Å². The fourth-order valence-electron chi connectivity index (χ4n) is 3.02. The smallest absolute Gasteiger partial charge is 0.175 e. The zero-order valence-corrected chi connectivity index (χ0v) is 12.5. The third kappa shape index (κ3) is 4.56. The van der Waals surface area contributed by atoms with Crippen LogP contribution in [0.4, 0.5) is 0 Å². The van der Waals surface area contributed by atoms with Gasteiger partial charge in [0.2, 0.25) is 0 Å². The molecule has 1 aromatic rings. The second-order valence-electron chi connectivity index (χ2n) is 6.26. The Kier molecular flexibility index (Phi) is 5.31. The number of nitrogens with one attached hydrogen (secondary N) is 1. The molecule has 2 atom stereocenters. The Morgan fingerprint density at radius 2 is 2.00 bits per heavy atom. The van der Waals surface area contributed by atoms with E-state index in [-0.39, 0.29) is 0 Å². The number of hydrogen-bond acceptors (Lipinski definition) is 4. The van der Waals surface area contributed by atoms with Crippen molar-refractivity contribution in [2.75, 3.05) is 13.1 Å². The molecule has 2 rings (SSSR count). The van der Waals surface area contributed by atoms with E-state index in [0.717, 1.165) is 43.1 Å². The Morgan fingerprint density at radius 3 is 2.63 bits per heavy atom. The molecule has 0 bridgehead atoms. The van der Waals surface area contributed by atoms with Crippen LogP contribution in [0.25, 0.3) is 0 Å². The number of hydrogen-bond donors (Lipinski definition) is 1. The minimum Gasteiger partial charge on any atom is -0.316 e. The minimum atomic E-state index is 0.720. The molecule has 2 unspecified atom stereocenters. The zero-order chi connectivity index (χ0) is 13.7. The molecule has 0 amide bonds. The molecule has 5 nitrogen and oxygen atoms in total. The van der Waals surface area contributed by atoms with Gasteiger partial charge in [0.05, 0.1) is 7.05 Å². The van der Waals surface area contributed by atoms with Crippen molar-refractivity contribution in [2.45, 2.75) is 46.0 Å². The predicted octanol–water partition coefficient (Wildman–Crippen LogP) is 1.80. The van der Waals surface area contributed by atoms with Crippen LogP contribution in [0.15, 0.2) is 0 Å². The highest BCUT2D eigenvalue weighted by atomic mass is 15.6. The zero-order valence-electron chi connectivity index (χ0n) is 12.5. The van der Waals surface area contributed by atoms with E-state index in [4.69, 9.17) is 0 Å². The molecule has 0 spiro atoms. The van der Waals surface area contributed by atoms with E-state index in [1.807, 2.05) is 7.05 Å². The number of tetrazole rings is 1. The maximum Gasteiger partial charge on any atom is 0.175 e. The molecule has 1 saturated carbocycles. The van der Waals surface area contributed by atoms with E-state index in [2.05, 4.69) is 34.6 Å². The fraction of sp³-hybridized carbons (Fsp3) is 0.929. The van der Waals surface area contributed by atoms with Crippen LogP contribution in [0, 0.1) is 17.8 Å². The van der Waals surface area contributed by atoms with E-state index in [1.165, 1.54) is 25.7 Å². The Labute approximate surface area is 116 Å². The average molecular weight is 265 g/mol. The third-order valence-corrected chi connectivity index (χ3v) is 4.02. The van der Waals surface area contributed by atoms with Crippen LogP contribution in [0.1, 0.15) is 45.4 Å². The first kappa shape index (κ1) is 14.4. The molecule has 19 heavy (non-hydrogen) atoms. The lowest BCUT2D eigenvalue weighted by atomic mass is 9.77. The normalized spacial score (nSPS) is 24.0. The summed E-state index contributed by atoms with van der Waals surface area (Å²) in [6.45, 7) is 6.78. The minimum absolute atomic E-state index is 0.720. The summed E-state index contributed by atoms with van der Waals surface area (Å²) in [5.41, 5.74) is 0. The second-order valence-corrected chi connectivity index (χ2v) is 6.26. The van der Waals surface area contributed by atoms with E-state index in [1.54, 1.807) is 4.80 Å². The number of aromatic nitrogens is 4. The Bertz CT molecular complexity index is 374. The first-order chi connectivity index (χ1) is 9.15. The topological polar surface area (TPSA) is 55.6 Å². The summed E-state index contributed by atoms with van der Waals surface area (Å²) in [7, 11) is 1.83. The van der Waals surface area contributed by atoms with Gasteiger partial charge >= 0.3 is 0 Å². The average Bonchev–Trinajstić information content (AvgIpc) is 2.77. The summed E-state index contributed by atoms with van der Waals surface area (Å²) in [5, 5.41) is 16.0. The molecule has 1 aliphatic carbocycles. The Balaban J connectivity index is 1.84. The summed E-state index contributed by atoms with van der Waals surface area (Å²) < 4.78 is 0. The number of aryl methyl sites for hydroxylation is 1. The Morgan fingerprint density at radius 1 is 1.26 bits per heavy atom. The summed E-state index contributed by atoms with van der Waals surface area (Å²) in [4.78, 5) is 1.56. The fourth-order valence-corrected chi connectivity index (χ4v) is 3.02. The molecule has 5 heteroatoms. The van der Waals surface area contributed by atoms with Crippen molar-refractivity contribution in [3.8, 4) is 0 Å². The lowest BCUT2D eigenvalue weighted by Gasteiger charge is -2.31. The molecule has 0 aliphatic heterocycles. The molecule has 1 aromatic heterocycles. The van der Waals surface area contributed by atoms with Gasteiger partial charge in [-0.05, 0) is 48.9 Å². The molecule has 1 aliphatic rings. The van der Waals surface area contributed by atoms with Gasteiger partial charge < -0.3 is 5.32 Å². The Hall–Kier alpha value is -0.970. The van der Waals surface area contributed by atoms with Crippen LogP contribution in [0.5, 0.6) is 0 Å².